The van der Waals surface area contributed by atoms with E-state index in [9.17, 15) is 4.21 Å². The third-order valence-corrected chi connectivity index (χ3v) is 4.91. The van der Waals surface area contributed by atoms with Crippen molar-refractivity contribution in [2.24, 2.45) is 4.40 Å². The van der Waals surface area contributed by atoms with Crippen molar-refractivity contribution in [2.45, 2.75) is 25.5 Å². The van der Waals surface area contributed by atoms with Crippen LogP contribution in [0.3, 0.4) is 0 Å². The van der Waals surface area contributed by atoms with E-state index in [2.05, 4.69) is 45.5 Å². The van der Waals surface area contributed by atoms with E-state index in [4.69, 9.17) is 0 Å². The maximum atomic E-state index is 12.0. The molecular weight excluding hydrogens is 304 g/mol. The zero-order valence-electron chi connectivity index (χ0n) is 13.6. The van der Waals surface area contributed by atoms with Gasteiger partial charge in [-0.05, 0) is 56.7 Å². The van der Waals surface area contributed by atoms with E-state index in [-0.39, 0.29) is 4.75 Å². The van der Waals surface area contributed by atoms with Crippen molar-refractivity contribution in [2.75, 3.05) is 0 Å². The molecule has 1 unspecified atom stereocenters. The normalized spacial score (nSPS) is 13.7. The topological polar surface area (TPSA) is 34.4 Å². The second-order valence-corrected chi connectivity index (χ2v) is 8.37. The Balaban J connectivity index is 1.93. The van der Waals surface area contributed by atoms with E-state index >= 15 is 0 Å². The third kappa shape index (κ3) is 3.42. The van der Waals surface area contributed by atoms with E-state index in [0.29, 0.717) is 0 Å². The molecule has 0 spiro atoms. The first-order chi connectivity index (χ1) is 10.9. The minimum absolute atomic E-state index is 0.336. The summed E-state index contributed by atoms with van der Waals surface area (Å²) in [5, 5.41) is 1.14. The first-order valence-corrected chi connectivity index (χ1v) is 8.68. The molecule has 0 aliphatic heterocycles. The van der Waals surface area contributed by atoms with E-state index < -0.39 is 11.0 Å². The number of nitrogens with zero attached hydrogens (tertiary/aromatic N) is 2. The van der Waals surface area contributed by atoms with Crippen molar-refractivity contribution in [1.29, 1.82) is 0 Å². The quantitative estimate of drug-likeness (QED) is 0.653. The fourth-order valence-corrected chi connectivity index (χ4v) is 2.86. The average molecular weight is 324 g/mol. The number of benzene rings is 2. The summed E-state index contributed by atoms with van der Waals surface area (Å²) < 4.78 is 18.0. The molecule has 1 atom stereocenters. The van der Waals surface area contributed by atoms with Crippen molar-refractivity contribution in [1.82, 2.24) is 4.57 Å². The van der Waals surface area contributed by atoms with Crippen LogP contribution in [0.5, 0.6) is 0 Å². The third-order valence-electron chi connectivity index (χ3n) is 3.57. The van der Waals surface area contributed by atoms with Crippen molar-refractivity contribution in [3.8, 4) is 5.69 Å². The predicted molar refractivity (Wildman–Crippen MR) is 98.8 cm³/mol. The van der Waals surface area contributed by atoms with Crippen LogP contribution in [-0.4, -0.2) is 19.7 Å². The van der Waals surface area contributed by atoms with Crippen LogP contribution in [0.15, 0.2) is 65.2 Å². The molecule has 3 nitrogen and oxygen atoms in total. The Morgan fingerprint density at radius 2 is 1.78 bits per heavy atom. The number of hydrogen-bond donors (Lipinski definition) is 0. The molecule has 0 aliphatic carbocycles. The van der Waals surface area contributed by atoms with Crippen molar-refractivity contribution in [3.63, 3.8) is 0 Å². The molecule has 0 fully saturated rings. The number of fused-ring (bicyclic) bond motifs is 1. The van der Waals surface area contributed by atoms with E-state index in [1.807, 2.05) is 45.0 Å². The molecule has 3 aromatic rings. The van der Waals surface area contributed by atoms with Crippen molar-refractivity contribution in [3.05, 3.63) is 66.4 Å². The van der Waals surface area contributed by atoms with Gasteiger partial charge in [-0.15, -0.1) is 0 Å². The molecule has 3 rings (SSSR count). The smallest absolute Gasteiger partial charge is 0.144 e. The minimum atomic E-state index is -1.23. The minimum Gasteiger partial charge on any atom is -0.317 e. The lowest BCUT2D eigenvalue weighted by Crippen LogP contribution is -2.19. The summed E-state index contributed by atoms with van der Waals surface area (Å²) in [4.78, 5) is 0. The molecule has 0 bridgehead atoms. The molecule has 0 N–H and O–H groups in total. The van der Waals surface area contributed by atoms with Gasteiger partial charge >= 0.3 is 0 Å². The van der Waals surface area contributed by atoms with E-state index in [1.165, 1.54) is 0 Å². The van der Waals surface area contributed by atoms with Crippen LogP contribution in [0.4, 0.5) is 0 Å². The van der Waals surface area contributed by atoms with Gasteiger partial charge in [-0.3, -0.25) is 0 Å². The van der Waals surface area contributed by atoms with Crippen molar-refractivity contribution < 1.29 is 4.21 Å². The molecule has 2 aromatic carbocycles. The molecular formula is C19H20N2OS. The highest BCUT2D eigenvalue weighted by molar-refractivity contribution is 7.85. The Labute approximate surface area is 139 Å². The standard InChI is InChI=1S/C19H20N2OS/c1-19(2,3)23(22)20-14-15-9-10-18-16(13-15)11-12-21(18)17-7-5-4-6-8-17/h4-14H,1-3H3. The lowest BCUT2D eigenvalue weighted by Gasteiger charge is -2.12. The lowest BCUT2D eigenvalue weighted by molar-refractivity contribution is 0.651. The maximum Gasteiger partial charge on any atom is 0.144 e. The average Bonchev–Trinajstić information content (AvgIpc) is 2.95. The van der Waals surface area contributed by atoms with Gasteiger partial charge in [0.05, 0.1) is 10.3 Å². The van der Waals surface area contributed by atoms with Gasteiger partial charge in [0.2, 0.25) is 0 Å². The van der Waals surface area contributed by atoms with Crippen molar-refractivity contribution >= 4 is 28.1 Å². The van der Waals surface area contributed by atoms with Crippen LogP contribution < -0.4 is 0 Å². The first-order valence-electron chi connectivity index (χ1n) is 7.58. The molecule has 1 heterocycles. The van der Waals surface area contributed by atoms with Gasteiger partial charge in [0.15, 0.2) is 0 Å². The largest absolute Gasteiger partial charge is 0.317 e. The Morgan fingerprint density at radius 3 is 2.48 bits per heavy atom. The van der Waals surface area contributed by atoms with Crippen LogP contribution in [0, 0.1) is 0 Å². The monoisotopic (exact) mass is 324 g/mol. The highest BCUT2D eigenvalue weighted by atomic mass is 32.2. The Bertz CT molecular complexity index is 873. The summed E-state index contributed by atoms with van der Waals surface area (Å²) in [6, 6.07) is 18.5. The maximum absolute atomic E-state index is 12.0. The molecule has 0 saturated carbocycles. The summed E-state index contributed by atoms with van der Waals surface area (Å²) in [6.45, 7) is 5.76. The zero-order valence-corrected chi connectivity index (χ0v) is 14.4. The summed E-state index contributed by atoms with van der Waals surface area (Å²) in [7, 11) is -1.23. The number of para-hydroxylation sites is 1. The molecule has 118 valence electrons. The van der Waals surface area contributed by atoms with Gasteiger partial charge in [0, 0.05) is 23.5 Å². The molecule has 1 aromatic heterocycles. The second kappa shape index (κ2) is 6.13. The lowest BCUT2D eigenvalue weighted by atomic mass is 10.2. The number of hydrogen-bond acceptors (Lipinski definition) is 1. The van der Waals surface area contributed by atoms with Gasteiger partial charge in [-0.1, -0.05) is 24.3 Å². The van der Waals surface area contributed by atoms with Crippen LogP contribution in [0.1, 0.15) is 26.3 Å². The van der Waals surface area contributed by atoms with Gasteiger partial charge in [0.1, 0.15) is 11.0 Å². The fraction of sp³-hybridized carbons (Fsp3) is 0.211. The van der Waals surface area contributed by atoms with E-state index in [1.54, 1.807) is 6.21 Å². The molecule has 0 amide bonds. The zero-order chi connectivity index (χ0) is 16.4. The fourth-order valence-electron chi connectivity index (χ4n) is 2.32. The first kappa shape index (κ1) is 15.7. The highest BCUT2D eigenvalue weighted by Crippen LogP contribution is 2.21. The molecule has 0 radical (unpaired) electrons. The Morgan fingerprint density at radius 1 is 1.04 bits per heavy atom. The van der Waals surface area contributed by atoms with Crippen LogP contribution in [-0.2, 0) is 11.0 Å². The van der Waals surface area contributed by atoms with Gasteiger partial charge < -0.3 is 4.57 Å². The molecule has 23 heavy (non-hydrogen) atoms. The summed E-state index contributed by atoms with van der Waals surface area (Å²) in [5.41, 5.74) is 3.24. The van der Waals surface area contributed by atoms with Crippen LogP contribution >= 0.6 is 0 Å². The Kier molecular flexibility index (Phi) is 4.18. The second-order valence-electron chi connectivity index (χ2n) is 6.44. The Hall–Kier alpha value is -2.20. The van der Waals surface area contributed by atoms with Crippen LogP contribution in [0.25, 0.3) is 16.6 Å². The summed E-state index contributed by atoms with van der Waals surface area (Å²) in [6.07, 6.45) is 3.76. The molecule has 0 aliphatic rings. The number of aromatic nitrogens is 1. The summed E-state index contributed by atoms with van der Waals surface area (Å²) >= 11 is 0. The van der Waals surface area contributed by atoms with Gasteiger partial charge in [-0.25, -0.2) is 4.21 Å². The number of rotatable bonds is 3. The summed E-state index contributed by atoms with van der Waals surface area (Å²) in [5.74, 6) is 0. The molecule has 4 heteroatoms. The highest BCUT2D eigenvalue weighted by Gasteiger charge is 2.18. The SMILES string of the molecule is CC(C)(C)S(=O)N=Cc1ccc2c(ccn2-c2ccccc2)c1. The molecule has 0 saturated heterocycles. The van der Waals surface area contributed by atoms with Gasteiger partial charge in [-0.2, -0.15) is 4.40 Å². The van der Waals surface area contributed by atoms with Crippen LogP contribution in [0.2, 0.25) is 0 Å². The predicted octanol–water partition coefficient (Wildman–Crippen LogP) is 4.51. The van der Waals surface area contributed by atoms with Gasteiger partial charge in [0.25, 0.3) is 0 Å². The van der Waals surface area contributed by atoms with E-state index in [0.717, 1.165) is 22.2 Å².